The van der Waals surface area contributed by atoms with E-state index in [1.165, 1.54) is 0 Å². The number of hydrogen-bond donors (Lipinski definition) is 5. The van der Waals surface area contributed by atoms with Gasteiger partial charge in [-0.1, -0.05) is 13.8 Å². The molecule has 8 nitrogen and oxygen atoms in total. The summed E-state index contributed by atoms with van der Waals surface area (Å²) in [6.45, 7) is 3.22. The van der Waals surface area contributed by atoms with Crippen molar-refractivity contribution in [3.63, 3.8) is 0 Å². The first-order valence-corrected chi connectivity index (χ1v) is 6.13. The number of aliphatic hydroxyl groups is 3. The lowest BCUT2D eigenvalue weighted by Crippen LogP contribution is -2.62. The SMILES string of the molecule is CC(C)[C@@H](N)C(=O)OCC1OC(O)C(N)C(O)C1O. The summed E-state index contributed by atoms with van der Waals surface area (Å²) in [6, 6.07) is -1.89. The number of hydrogen-bond acceptors (Lipinski definition) is 8. The molecule has 0 amide bonds. The average molecular weight is 278 g/mol. The fraction of sp³-hybridized carbons (Fsp3) is 0.909. The van der Waals surface area contributed by atoms with Gasteiger partial charge in [0.2, 0.25) is 0 Å². The minimum absolute atomic E-state index is 0.0886. The summed E-state index contributed by atoms with van der Waals surface area (Å²) >= 11 is 0. The van der Waals surface area contributed by atoms with Crippen LogP contribution in [0.25, 0.3) is 0 Å². The summed E-state index contributed by atoms with van der Waals surface area (Å²) in [7, 11) is 0. The second-order valence-corrected chi connectivity index (χ2v) is 5.02. The van der Waals surface area contributed by atoms with Crippen molar-refractivity contribution >= 4 is 5.97 Å². The fourth-order valence-corrected chi connectivity index (χ4v) is 1.64. The molecule has 1 saturated heterocycles. The Balaban J connectivity index is 2.51. The van der Waals surface area contributed by atoms with Gasteiger partial charge in [-0.25, -0.2) is 0 Å². The third-order valence-electron chi connectivity index (χ3n) is 3.15. The van der Waals surface area contributed by atoms with Crippen LogP contribution in [0.1, 0.15) is 13.8 Å². The Morgan fingerprint density at radius 3 is 2.42 bits per heavy atom. The molecule has 0 spiro atoms. The van der Waals surface area contributed by atoms with Crippen molar-refractivity contribution in [1.29, 1.82) is 0 Å². The predicted octanol–water partition coefficient (Wildman–Crippen LogP) is -2.72. The van der Waals surface area contributed by atoms with Crippen molar-refractivity contribution < 1.29 is 29.6 Å². The molecule has 112 valence electrons. The zero-order valence-corrected chi connectivity index (χ0v) is 11.0. The molecule has 0 bridgehead atoms. The lowest BCUT2D eigenvalue weighted by atomic mass is 9.98. The second kappa shape index (κ2) is 6.60. The summed E-state index contributed by atoms with van der Waals surface area (Å²) in [5.74, 6) is -0.723. The van der Waals surface area contributed by atoms with E-state index in [2.05, 4.69) is 0 Å². The summed E-state index contributed by atoms with van der Waals surface area (Å²) < 4.78 is 9.87. The first kappa shape index (κ1) is 16.3. The van der Waals surface area contributed by atoms with Gasteiger partial charge < -0.3 is 36.3 Å². The van der Waals surface area contributed by atoms with Crippen molar-refractivity contribution in [1.82, 2.24) is 0 Å². The zero-order valence-electron chi connectivity index (χ0n) is 11.0. The van der Waals surface area contributed by atoms with E-state index < -0.39 is 42.7 Å². The van der Waals surface area contributed by atoms with Crippen LogP contribution in [-0.2, 0) is 14.3 Å². The number of aliphatic hydroxyl groups excluding tert-OH is 3. The number of carbonyl (C=O) groups is 1. The van der Waals surface area contributed by atoms with Gasteiger partial charge >= 0.3 is 5.97 Å². The fourth-order valence-electron chi connectivity index (χ4n) is 1.64. The molecule has 1 aliphatic rings. The van der Waals surface area contributed by atoms with Crippen molar-refractivity contribution in [3.05, 3.63) is 0 Å². The van der Waals surface area contributed by atoms with Gasteiger partial charge in [-0.15, -0.1) is 0 Å². The molecule has 0 radical (unpaired) electrons. The Morgan fingerprint density at radius 2 is 1.89 bits per heavy atom. The average Bonchev–Trinajstić information content (AvgIpc) is 2.37. The van der Waals surface area contributed by atoms with Crippen LogP contribution in [-0.4, -0.2) is 64.6 Å². The normalized spacial score (nSPS) is 37.2. The number of nitrogens with two attached hydrogens (primary N) is 2. The summed E-state index contributed by atoms with van der Waals surface area (Å²) in [5.41, 5.74) is 11.0. The van der Waals surface area contributed by atoms with E-state index in [9.17, 15) is 20.1 Å². The molecule has 19 heavy (non-hydrogen) atoms. The molecule has 0 aromatic heterocycles. The van der Waals surface area contributed by atoms with Gasteiger partial charge in [0.1, 0.15) is 31.0 Å². The van der Waals surface area contributed by atoms with Gasteiger partial charge in [0, 0.05) is 0 Å². The molecule has 0 aliphatic carbocycles. The maximum atomic E-state index is 11.5. The van der Waals surface area contributed by atoms with Crippen LogP contribution < -0.4 is 11.5 Å². The zero-order chi connectivity index (χ0) is 14.7. The largest absolute Gasteiger partial charge is 0.462 e. The highest BCUT2D eigenvalue weighted by molar-refractivity contribution is 5.75. The topological polar surface area (TPSA) is 148 Å². The van der Waals surface area contributed by atoms with Gasteiger partial charge in [0.15, 0.2) is 6.29 Å². The monoisotopic (exact) mass is 278 g/mol. The van der Waals surface area contributed by atoms with E-state index in [0.29, 0.717) is 0 Å². The van der Waals surface area contributed by atoms with Crippen molar-refractivity contribution in [2.24, 2.45) is 17.4 Å². The Labute approximate surface area is 111 Å². The van der Waals surface area contributed by atoms with E-state index >= 15 is 0 Å². The molecule has 6 atom stereocenters. The number of esters is 1. The summed E-state index contributed by atoms with van der Waals surface area (Å²) in [4.78, 5) is 11.5. The molecule has 5 unspecified atom stereocenters. The molecular weight excluding hydrogens is 256 g/mol. The number of ether oxygens (including phenoxy) is 2. The van der Waals surface area contributed by atoms with Crippen molar-refractivity contribution in [2.75, 3.05) is 6.61 Å². The van der Waals surface area contributed by atoms with Gasteiger partial charge in [-0.05, 0) is 5.92 Å². The van der Waals surface area contributed by atoms with Crippen LogP contribution in [0, 0.1) is 5.92 Å². The molecular formula is C11H22N2O6. The number of rotatable bonds is 4. The van der Waals surface area contributed by atoms with Gasteiger partial charge in [-0.3, -0.25) is 4.79 Å². The van der Waals surface area contributed by atoms with Crippen molar-refractivity contribution in [3.8, 4) is 0 Å². The lowest BCUT2D eigenvalue weighted by molar-refractivity contribution is -0.251. The highest BCUT2D eigenvalue weighted by atomic mass is 16.6. The molecule has 1 aliphatic heterocycles. The molecule has 0 saturated carbocycles. The Bertz CT molecular complexity index is 314. The van der Waals surface area contributed by atoms with Crippen LogP contribution in [0.3, 0.4) is 0 Å². The van der Waals surface area contributed by atoms with Crippen LogP contribution in [0.2, 0.25) is 0 Å². The van der Waals surface area contributed by atoms with Crippen LogP contribution in [0.4, 0.5) is 0 Å². The van der Waals surface area contributed by atoms with Gasteiger partial charge in [0.25, 0.3) is 0 Å². The van der Waals surface area contributed by atoms with E-state index in [0.717, 1.165) is 0 Å². The van der Waals surface area contributed by atoms with Crippen LogP contribution >= 0.6 is 0 Å². The Kier molecular flexibility index (Phi) is 5.65. The van der Waals surface area contributed by atoms with E-state index in [1.807, 2.05) is 0 Å². The maximum Gasteiger partial charge on any atom is 0.323 e. The van der Waals surface area contributed by atoms with Gasteiger partial charge in [-0.2, -0.15) is 0 Å². The Hall–Kier alpha value is -0.770. The molecule has 7 N–H and O–H groups in total. The molecule has 1 rings (SSSR count). The van der Waals surface area contributed by atoms with Gasteiger partial charge in [0.05, 0.1) is 6.04 Å². The molecule has 1 fully saturated rings. The summed E-state index contributed by atoms with van der Waals surface area (Å²) in [6.07, 6.45) is -5.18. The van der Waals surface area contributed by atoms with E-state index in [-0.39, 0.29) is 12.5 Å². The summed E-state index contributed by atoms with van der Waals surface area (Å²) in [5, 5.41) is 28.7. The third kappa shape index (κ3) is 3.85. The maximum absolute atomic E-state index is 11.5. The third-order valence-corrected chi connectivity index (χ3v) is 3.15. The van der Waals surface area contributed by atoms with E-state index in [4.69, 9.17) is 20.9 Å². The van der Waals surface area contributed by atoms with Crippen LogP contribution in [0.15, 0.2) is 0 Å². The second-order valence-electron chi connectivity index (χ2n) is 5.02. The first-order chi connectivity index (χ1) is 8.75. The highest BCUT2D eigenvalue weighted by Gasteiger charge is 2.42. The Morgan fingerprint density at radius 1 is 1.32 bits per heavy atom. The van der Waals surface area contributed by atoms with E-state index in [1.54, 1.807) is 13.8 Å². The predicted molar refractivity (Wildman–Crippen MR) is 64.6 cm³/mol. The smallest absolute Gasteiger partial charge is 0.323 e. The molecule has 1 heterocycles. The molecule has 0 aromatic carbocycles. The molecule has 8 heteroatoms. The standard InChI is InChI=1S/C11H22N2O6/c1-4(2)6(12)10(16)18-3-5-8(14)9(15)7(13)11(17)19-5/h4-9,11,14-15,17H,3,12-13H2,1-2H3/t5?,6-,7?,8?,9?,11?/m1/s1. The quantitative estimate of drug-likeness (QED) is 0.348. The van der Waals surface area contributed by atoms with Crippen molar-refractivity contribution in [2.45, 2.75) is 50.5 Å². The lowest BCUT2D eigenvalue weighted by Gasteiger charge is -2.38. The highest BCUT2D eigenvalue weighted by Crippen LogP contribution is 2.19. The number of carbonyl (C=O) groups excluding carboxylic acids is 1. The molecule has 0 aromatic rings. The van der Waals surface area contributed by atoms with Crippen LogP contribution in [0.5, 0.6) is 0 Å². The minimum Gasteiger partial charge on any atom is -0.462 e. The first-order valence-electron chi connectivity index (χ1n) is 6.13. The minimum atomic E-state index is -1.43.